The molecule has 3 rings (SSSR count). The van der Waals surface area contributed by atoms with E-state index in [-0.39, 0.29) is 23.0 Å². The third-order valence-corrected chi connectivity index (χ3v) is 7.62. The number of ketones is 1. The SMILES string of the molecule is C=O.CC.CC(C)C.CC/C=C/C(=O)C1CCC1CN(CCC1=C(CCC)CC(Cl)C=C1)c1cc(C(=O)NO)ccc1OCC. The van der Waals surface area contributed by atoms with Gasteiger partial charge in [0.1, 0.15) is 12.5 Å². The number of benzene rings is 1. The Morgan fingerprint density at radius 2 is 1.80 bits per heavy atom. The highest BCUT2D eigenvalue weighted by atomic mass is 35.5. The number of rotatable bonds is 14. The zero-order valence-corrected chi connectivity index (χ0v) is 29.8. The number of hydroxylamine groups is 1. The average molecular weight is 647 g/mol. The fraction of sp³-hybridized carbons (Fsp3) is 0.595. The number of alkyl halides is 1. The Hall–Kier alpha value is -2.90. The van der Waals surface area contributed by atoms with Crippen molar-refractivity contribution in [1.29, 1.82) is 0 Å². The van der Waals surface area contributed by atoms with Crippen LogP contribution in [0.3, 0.4) is 0 Å². The maximum Gasteiger partial charge on any atom is 0.274 e. The van der Waals surface area contributed by atoms with E-state index in [9.17, 15) is 14.8 Å². The summed E-state index contributed by atoms with van der Waals surface area (Å²) in [4.78, 5) is 35.3. The summed E-state index contributed by atoms with van der Waals surface area (Å²) in [5.74, 6) is 1.41. The first-order valence-electron chi connectivity index (χ1n) is 16.6. The molecule has 0 radical (unpaired) electrons. The molecule has 1 saturated carbocycles. The lowest BCUT2D eigenvalue weighted by atomic mass is 9.71. The maximum atomic E-state index is 12.8. The van der Waals surface area contributed by atoms with Gasteiger partial charge in [-0.3, -0.25) is 14.8 Å². The van der Waals surface area contributed by atoms with Crippen LogP contribution in [0.1, 0.15) is 111 Å². The molecule has 1 aromatic rings. The van der Waals surface area contributed by atoms with Crippen LogP contribution in [0.4, 0.5) is 5.69 Å². The lowest BCUT2D eigenvalue weighted by molar-refractivity contribution is -0.122. The number of halogens is 1. The Labute approximate surface area is 278 Å². The number of allylic oxidation sites excluding steroid dienone is 5. The standard InChI is InChI=1S/C30H41ClN2O4.C4H10.C2H6.CH2O/c1-4-7-9-28(34)26-14-11-24(26)20-33(17-16-21-10-13-25(31)18-22(21)8-5-2)27-19-23(30(35)32-36)12-15-29(27)37-6-3;1-4(2)3;2*1-2/h7,9-10,12-13,15,19,24-26,36H,4-6,8,11,14,16-18,20H2,1-3H3,(H,32,35);4H,1-3H3;1-2H3;1H2/b9-7+;;;. The fourth-order valence-electron chi connectivity index (χ4n) is 5.21. The van der Waals surface area contributed by atoms with Crippen molar-refractivity contribution in [2.45, 2.75) is 106 Å². The second-order valence-electron chi connectivity index (χ2n) is 11.6. The molecule has 3 unspecified atom stereocenters. The normalized spacial score (nSPS) is 18.4. The van der Waals surface area contributed by atoms with Crippen LogP contribution in [0, 0.1) is 17.8 Å². The minimum Gasteiger partial charge on any atom is -0.492 e. The first kappa shape index (κ1) is 42.1. The number of carbonyl (C=O) groups excluding carboxylic acids is 3. The summed E-state index contributed by atoms with van der Waals surface area (Å²) in [5, 5.41) is 9.25. The van der Waals surface area contributed by atoms with Crippen LogP contribution in [0.25, 0.3) is 0 Å². The first-order valence-corrected chi connectivity index (χ1v) is 17.1. The third kappa shape index (κ3) is 14.8. The summed E-state index contributed by atoms with van der Waals surface area (Å²) in [5.41, 5.74) is 5.61. The van der Waals surface area contributed by atoms with Gasteiger partial charge in [0.15, 0.2) is 5.78 Å². The van der Waals surface area contributed by atoms with Crippen molar-refractivity contribution < 1.29 is 24.3 Å². The van der Waals surface area contributed by atoms with Gasteiger partial charge in [-0.05, 0) is 87.1 Å². The predicted octanol–water partition coefficient (Wildman–Crippen LogP) is 9.13. The van der Waals surface area contributed by atoms with Crippen molar-refractivity contribution in [2.24, 2.45) is 17.8 Å². The van der Waals surface area contributed by atoms with Crippen LogP contribution in [-0.2, 0) is 9.59 Å². The van der Waals surface area contributed by atoms with Crippen LogP contribution in [-0.4, -0.2) is 48.8 Å². The average Bonchev–Trinajstić information content (AvgIpc) is 3.02. The summed E-state index contributed by atoms with van der Waals surface area (Å²) in [6, 6.07) is 5.20. The Kier molecular flexibility index (Phi) is 22.8. The number of hydrogen-bond donors (Lipinski definition) is 2. The summed E-state index contributed by atoms with van der Waals surface area (Å²) >= 11 is 6.42. The first-order chi connectivity index (χ1) is 21.6. The van der Waals surface area contributed by atoms with Gasteiger partial charge in [-0.15, -0.1) is 11.6 Å². The molecule has 0 aromatic heterocycles. The monoisotopic (exact) mass is 646 g/mol. The minimum absolute atomic E-state index is 0.0196. The van der Waals surface area contributed by atoms with Crippen molar-refractivity contribution in [3.8, 4) is 5.75 Å². The van der Waals surface area contributed by atoms with E-state index in [0.29, 0.717) is 31.0 Å². The number of carbonyl (C=O) groups is 3. The van der Waals surface area contributed by atoms with E-state index in [2.05, 4.69) is 44.7 Å². The molecule has 2 N–H and O–H groups in total. The lowest BCUT2D eigenvalue weighted by Crippen LogP contribution is -2.42. The molecule has 1 fully saturated rings. The second kappa shape index (κ2) is 24.3. The number of hydrogen-bond acceptors (Lipinski definition) is 6. The van der Waals surface area contributed by atoms with Crippen molar-refractivity contribution >= 4 is 35.8 Å². The van der Waals surface area contributed by atoms with Crippen LogP contribution >= 0.6 is 11.6 Å². The quantitative estimate of drug-likeness (QED) is 0.0906. The smallest absolute Gasteiger partial charge is 0.274 e. The van der Waals surface area contributed by atoms with Crippen molar-refractivity contribution in [2.75, 3.05) is 24.6 Å². The molecule has 2 aliphatic rings. The van der Waals surface area contributed by atoms with Crippen LogP contribution in [0.15, 0.2) is 53.6 Å². The van der Waals surface area contributed by atoms with E-state index in [1.807, 2.05) is 40.6 Å². The molecule has 8 heteroatoms. The van der Waals surface area contributed by atoms with Gasteiger partial charge in [0.05, 0.1) is 17.7 Å². The molecule has 2 aliphatic carbocycles. The van der Waals surface area contributed by atoms with E-state index < -0.39 is 5.91 Å². The largest absolute Gasteiger partial charge is 0.492 e. The van der Waals surface area contributed by atoms with E-state index in [4.69, 9.17) is 21.1 Å². The molecule has 1 amide bonds. The van der Waals surface area contributed by atoms with E-state index in [1.165, 1.54) is 11.1 Å². The third-order valence-electron chi connectivity index (χ3n) is 7.32. The van der Waals surface area contributed by atoms with Crippen molar-refractivity contribution in [1.82, 2.24) is 5.48 Å². The molecule has 0 spiro atoms. The molecule has 0 bridgehead atoms. The Morgan fingerprint density at radius 1 is 1.13 bits per heavy atom. The Morgan fingerprint density at radius 3 is 2.33 bits per heavy atom. The Bertz CT molecular complexity index is 1100. The Balaban J connectivity index is 0.00000220. The van der Waals surface area contributed by atoms with Gasteiger partial charge in [-0.25, -0.2) is 5.48 Å². The highest BCUT2D eigenvalue weighted by molar-refractivity contribution is 6.22. The lowest BCUT2D eigenvalue weighted by Gasteiger charge is -2.40. The predicted molar refractivity (Wildman–Crippen MR) is 189 cm³/mol. The molecular formula is C37H59ClN2O5. The summed E-state index contributed by atoms with van der Waals surface area (Å²) in [7, 11) is 0. The van der Waals surface area contributed by atoms with Crippen LogP contribution in [0.5, 0.6) is 5.75 Å². The second-order valence-corrected chi connectivity index (χ2v) is 12.2. The molecule has 1 aromatic carbocycles. The minimum atomic E-state index is -0.568. The number of anilines is 1. The molecule has 0 saturated heterocycles. The van der Waals surface area contributed by atoms with Gasteiger partial charge in [0.25, 0.3) is 5.91 Å². The fourth-order valence-corrected chi connectivity index (χ4v) is 5.47. The summed E-state index contributed by atoms with van der Waals surface area (Å²) in [6.07, 6.45) is 14.4. The maximum absolute atomic E-state index is 12.8. The van der Waals surface area contributed by atoms with Gasteiger partial charge in [0, 0.05) is 24.6 Å². The van der Waals surface area contributed by atoms with E-state index in [1.54, 1.807) is 29.8 Å². The number of ether oxygens (including phenoxy) is 1. The highest BCUT2D eigenvalue weighted by Gasteiger charge is 2.36. The molecule has 0 aliphatic heterocycles. The number of nitrogens with zero attached hydrogens (tertiary/aromatic N) is 1. The summed E-state index contributed by atoms with van der Waals surface area (Å²) in [6.45, 7) is 20.5. The van der Waals surface area contributed by atoms with Gasteiger partial charge < -0.3 is 14.4 Å². The molecule has 45 heavy (non-hydrogen) atoms. The zero-order chi connectivity index (χ0) is 34.4. The van der Waals surface area contributed by atoms with E-state index in [0.717, 1.165) is 56.6 Å². The van der Waals surface area contributed by atoms with Gasteiger partial charge in [-0.1, -0.05) is 78.7 Å². The van der Waals surface area contributed by atoms with Crippen molar-refractivity contribution in [3.63, 3.8) is 0 Å². The van der Waals surface area contributed by atoms with Crippen LogP contribution < -0.4 is 15.1 Å². The van der Waals surface area contributed by atoms with Crippen molar-refractivity contribution in [3.05, 3.63) is 59.2 Å². The van der Waals surface area contributed by atoms with Gasteiger partial charge >= 0.3 is 0 Å². The van der Waals surface area contributed by atoms with E-state index >= 15 is 0 Å². The van der Waals surface area contributed by atoms with Gasteiger partial charge in [-0.2, -0.15) is 0 Å². The molecular weight excluding hydrogens is 588 g/mol. The topological polar surface area (TPSA) is 95.9 Å². The molecule has 3 atom stereocenters. The van der Waals surface area contributed by atoms with Gasteiger partial charge in [0.2, 0.25) is 0 Å². The zero-order valence-electron chi connectivity index (χ0n) is 29.0. The molecule has 254 valence electrons. The number of nitrogens with one attached hydrogen (secondary N) is 1. The number of amides is 1. The molecule has 0 heterocycles. The summed E-state index contributed by atoms with van der Waals surface area (Å²) < 4.78 is 5.96. The van der Waals surface area contributed by atoms with Crippen LogP contribution in [0.2, 0.25) is 0 Å². The highest BCUT2D eigenvalue weighted by Crippen LogP contribution is 2.39. The molecule has 7 nitrogen and oxygen atoms in total.